The number of fused-ring (bicyclic) bond motifs is 2. The third kappa shape index (κ3) is 1.28. The Bertz CT molecular complexity index is 374. The molecule has 96 valence electrons. The summed E-state index contributed by atoms with van der Waals surface area (Å²) in [5.41, 5.74) is -0.959. The van der Waals surface area contributed by atoms with Gasteiger partial charge in [-0.3, -0.25) is 9.59 Å². The number of carbonyl (C=O) groups is 2. The first-order valence-corrected chi connectivity index (χ1v) is 6.63. The van der Waals surface area contributed by atoms with Crippen LogP contribution in [0.2, 0.25) is 0 Å². The molecule has 0 aromatic carbocycles. The van der Waals surface area contributed by atoms with Gasteiger partial charge in [0.2, 0.25) is 5.91 Å². The minimum Gasteiger partial charge on any atom is -0.356 e. The molecule has 0 aromatic rings. The van der Waals surface area contributed by atoms with Crippen molar-refractivity contribution in [2.24, 2.45) is 16.2 Å². The lowest BCUT2D eigenvalue weighted by molar-refractivity contribution is -0.136. The van der Waals surface area contributed by atoms with E-state index in [1.807, 2.05) is 13.8 Å². The van der Waals surface area contributed by atoms with E-state index >= 15 is 0 Å². The maximum atomic E-state index is 12.4. The zero-order chi connectivity index (χ0) is 12.9. The molecule has 2 aliphatic carbocycles. The molecule has 2 saturated carbocycles. The number of nitrogens with one attached hydrogen (secondary N) is 1. The molecule has 2 rings (SSSR count). The second-order valence-electron chi connectivity index (χ2n) is 6.40. The van der Waals surface area contributed by atoms with Crippen LogP contribution in [0.25, 0.3) is 0 Å². The first-order chi connectivity index (χ1) is 7.82. The summed E-state index contributed by atoms with van der Waals surface area (Å²) in [5, 5.41) is 2.99. The second kappa shape index (κ2) is 3.56. The number of Topliss-reactive ketones (excluding diaryl/α,β-unsaturated/α-hetero) is 1. The molecular formula is C14H23NO2. The molecule has 0 aliphatic heterocycles. The van der Waals surface area contributed by atoms with Gasteiger partial charge in [0.1, 0.15) is 5.78 Å². The maximum absolute atomic E-state index is 12.4. The predicted octanol–water partition coefficient (Wildman–Crippen LogP) is 2.30. The largest absolute Gasteiger partial charge is 0.356 e. The van der Waals surface area contributed by atoms with Crippen LogP contribution in [0.5, 0.6) is 0 Å². The van der Waals surface area contributed by atoms with E-state index in [0.717, 1.165) is 19.3 Å². The zero-order valence-electron chi connectivity index (χ0n) is 11.4. The van der Waals surface area contributed by atoms with Gasteiger partial charge in [0.25, 0.3) is 0 Å². The molecule has 0 unspecified atom stereocenters. The number of hydrogen-bond acceptors (Lipinski definition) is 2. The zero-order valence-corrected chi connectivity index (χ0v) is 11.4. The van der Waals surface area contributed by atoms with Gasteiger partial charge in [0, 0.05) is 18.4 Å². The Hall–Kier alpha value is -0.860. The van der Waals surface area contributed by atoms with Crippen LogP contribution in [-0.4, -0.2) is 18.2 Å². The van der Waals surface area contributed by atoms with E-state index in [4.69, 9.17) is 0 Å². The van der Waals surface area contributed by atoms with Crippen LogP contribution in [0, 0.1) is 16.2 Å². The van der Waals surface area contributed by atoms with Crippen molar-refractivity contribution in [2.45, 2.75) is 53.4 Å². The molecular weight excluding hydrogens is 214 g/mol. The van der Waals surface area contributed by atoms with Gasteiger partial charge in [0.05, 0.1) is 5.41 Å². The average molecular weight is 237 g/mol. The summed E-state index contributed by atoms with van der Waals surface area (Å²) in [6.45, 7) is 8.98. The monoisotopic (exact) mass is 237 g/mol. The highest BCUT2D eigenvalue weighted by Crippen LogP contribution is 2.70. The number of carbonyl (C=O) groups excluding carboxylic acids is 2. The molecule has 2 fully saturated rings. The fourth-order valence-corrected chi connectivity index (χ4v) is 3.77. The maximum Gasteiger partial charge on any atom is 0.227 e. The molecule has 1 N–H and O–H groups in total. The quantitative estimate of drug-likeness (QED) is 0.818. The van der Waals surface area contributed by atoms with Crippen molar-refractivity contribution >= 4 is 11.7 Å². The van der Waals surface area contributed by atoms with E-state index in [-0.39, 0.29) is 22.5 Å². The van der Waals surface area contributed by atoms with Crippen molar-refractivity contribution < 1.29 is 9.59 Å². The summed E-state index contributed by atoms with van der Waals surface area (Å²) in [7, 11) is 0. The molecule has 3 nitrogen and oxygen atoms in total. The van der Waals surface area contributed by atoms with Crippen LogP contribution in [0.3, 0.4) is 0 Å². The molecule has 2 aliphatic rings. The number of hydrogen-bond donors (Lipinski definition) is 1. The molecule has 2 atom stereocenters. The average Bonchev–Trinajstić information content (AvgIpc) is 2.56. The summed E-state index contributed by atoms with van der Waals surface area (Å²) in [6, 6.07) is 0. The van der Waals surface area contributed by atoms with E-state index in [1.54, 1.807) is 0 Å². The highest BCUT2D eigenvalue weighted by atomic mass is 16.2. The summed E-state index contributed by atoms with van der Waals surface area (Å²) in [6.07, 6.45) is 3.09. The minimum atomic E-state index is -0.450. The highest BCUT2D eigenvalue weighted by Gasteiger charge is 2.72. The van der Waals surface area contributed by atoms with Crippen molar-refractivity contribution in [1.29, 1.82) is 0 Å². The van der Waals surface area contributed by atoms with Crippen LogP contribution in [0.4, 0.5) is 0 Å². The van der Waals surface area contributed by atoms with Crippen LogP contribution in [0.1, 0.15) is 53.4 Å². The molecule has 0 aromatic heterocycles. The van der Waals surface area contributed by atoms with Gasteiger partial charge in [0.15, 0.2) is 0 Å². The third-order valence-electron chi connectivity index (χ3n) is 5.68. The Morgan fingerprint density at radius 2 is 1.94 bits per heavy atom. The Labute approximate surface area is 103 Å². The van der Waals surface area contributed by atoms with E-state index < -0.39 is 5.41 Å². The SMILES string of the molecule is CCCNC(=O)[C@@]12CC[C@](C)(C(=O)C1)C2(C)C. The number of amides is 1. The van der Waals surface area contributed by atoms with E-state index in [2.05, 4.69) is 19.2 Å². The second-order valence-corrected chi connectivity index (χ2v) is 6.40. The molecule has 0 saturated heterocycles. The Morgan fingerprint density at radius 1 is 1.29 bits per heavy atom. The molecule has 0 radical (unpaired) electrons. The molecule has 1 amide bonds. The van der Waals surface area contributed by atoms with Crippen LogP contribution < -0.4 is 5.32 Å². The lowest BCUT2D eigenvalue weighted by Crippen LogP contribution is -2.46. The Balaban J connectivity index is 2.33. The normalized spacial score (nSPS) is 38.5. The summed E-state index contributed by atoms with van der Waals surface area (Å²) in [5.74, 6) is 0.374. The van der Waals surface area contributed by atoms with Gasteiger partial charge in [-0.05, 0) is 24.7 Å². The first kappa shape index (κ1) is 12.6. The summed E-state index contributed by atoms with van der Waals surface area (Å²) in [4.78, 5) is 24.6. The van der Waals surface area contributed by atoms with Crippen molar-refractivity contribution in [1.82, 2.24) is 5.32 Å². The molecule has 2 bridgehead atoms. The fourth-order valence-electron chi connectivity index (χ4n) is 3.77. The van der Waals surface area contributed by atoms with E-state index in [1.165, 1.54) is 0 Å². The molecule has 0 heterocycles. The van der Waals surface area contributed by atoms with E-state index in [9.17, 15) is 9.59 Å². The Kier molecular flexibility index (Phi) is 2.64. The van der Waals surface area contributed by atoms with Gasteiger partial charge < -0.3 is 5.32 Å². The number of rotatable bonds is 3. The summed E-state index contributed by atoms with van der Waals surface area (Å²) < 4.78 is 0. The van der Waals surface area contributed by atoms with E-state index in [0.29, 0.717) is 13.0 Å². The smallest absolute Gasteiger partial charge is 0.227 e. The topological polar surface area (TPSA) is 46.2 Å². The molecule has 0 spiro atoms. The van der Waals surface area contributed by atoms with Crippen molar-refractivity contribution in [3.8, 4) is 0 Å². The predicted molar refractivity (Wildman–Crippen MR) is 66.5 cm³/mol. The van der Waals surface area contributed by atoms with Crippen molar-refractivity contribution in [3.63, 3.8) is 0 Å². The minimum absolute atomic E-state index is 0.0962. The van der Waals surface area contributed by atoms with Crippen molar-refractivity contribution in [3.05, 3.63) is 0 Å². The highest BCUT2D eigenvalue weighted by molar-refractivity contribution is 5.99. The molecule has 3 heteroatoms. The van der Waals surface area contributed by atoms with Crippen LogP contribution in [0.15, 0.2) is 0 Å². The van der Waals surface area contributed by atoms with Crippen LogP contribution in [-0.2, 0) is 9.59 Å². The van der Waals surface area contributed by atoms with Gasteiger partial charge in [-0.1, -0.05) is 27.7 Å². The number of ketones is 1. The lowest BCUT2D eigenvalue weighted by Gasteiger charge is -2.38. The lowest BCUT2D eigenvalue weighted by atomic mass is 9.64. The summed E-state index contributed by atoms with van der Waals surface area (Å²) >= 11 is 0. The van der Waals surface area contributed by atoms with Gasteiger partial charge >= 0.3 is 0 Å². The van der Waals surface area contributed by atoms with Crippen molar-refractivity contribution in [2.75, 3.05) is 6.54 Å². The molecule has 17 heavy (non-hydrogen) atoms. The van der Waals surface area contributed by atoms with Gasteiger partial charge in [-0.15, -0.1) is 0 Å². The van der Waals surface area contributed by atoms with Gasteiger partial charge in [-0.2, -0.15) is 0 Å². The first-order valence-electron chi connectivity index (χ1n) is 6.63. The standard InChI is InChI=1S/C14H23NO2/c1-5-8-15-11(17)14-7-6-13(4,10(16)9-14)12(14,2)3/h5-9H2,1-4H3,(H,15,17)/t13-,14-/m1/s1. The van der Waals surface area contributed by atoms with Crippen LogP contribution >= 0.6 is 0 Å². The Morgan fingerprint density at radius 3 is 2.35 bits per heavy atom. The van der Waals surface area contributed by atoms with Gasteiger partial charge in [-0.25, -0.2) is 0 Å². The fraction of sp³-hybridized carbons (Fsp3) is 0.857. The third-order valence-corrected chi connectivity index (χ3v) is 5.68.